The molecule has 0 spiro atoms. The van der Waals surface area contributed by atoms with Gasteiger partial charge in [-0.15, -0.1) is 0 Å². The zero-order valence-electron chi connectivity index (χ0n) is 12.5. The van der Waals surface area contributed by atoms with Crippen LogP contribution in [0.3, 0.4) is 0 Å². The molecule has 3 rings (SSSR count). The monoisotopic (exact) mass is 371 g/mol. The lowest BCUT2D eigenvalue weighted by Gasteiger charge is -2.37. The van der Waals surface area contributed by atoms with Crippen LogP contribution in [0.5, 0.6) is 0 Å². The van der Waals surface area contributed by atoms with Gasteiger partial charge in [-0.05, 0) is 37.6 Å². The Balaban J connectivity index is 0.000000185. The normalized spacial score (nSPS) is 19.3. The van der Waals surface area contributed by atoms with Crippen LogP contribution in [-0.4, -0.2) is 29.3 Å². The van der Waals surface area contributed by atoms with E-state index in [4.69, 9.17) is 34.8 Å². The van der Waals surface area contributed by atoms with Gasteiger partial charge >= 0.3 is 0 Å². The summed E-state index contributed by atoms with van der Waals surface area (Å²) in [4.78, 5) is 17.3. The van der Waals surface area contributed by atoms with Gasteiger partial charge < -0.3 is 5.32 Å². The molecule has 0 amide bonds. The number of benzene rings is 1. The molecule has 0 unspecified atom stereocenters. The van der Waals surface area contributed by atoms with Crippen LogP contribution >= 0.6 is 34.8 Å². The highest BCUT2D eigenvalue weighted by Crippen LogP contribution is 2.43. The van der Waals surface area contributed by atoms with E-state index < -0.39 is 0 Å². The van der Waals surface area contributed by atoms with Crippen LogP contribution in [0.15, 0.2) is 30.6 Å². The second-order valence-corrected chi connectivity index (χ2v) is 6.24. The van der Waals surface area contributed by atoms with Crippen molar-refractivity contribution in [3.63, 3.8) is 0 Å². The molecule has 23 heavy (non-hydrogen) atoms. The van der Waals surface area contributed by atoms with Gasteiger partial charge in [0, 0.05) is 34.4 Å². The SMILES string of the molecule is CN[C@@H]1CC[C@@H]1c1c(Cl)cccc1Cl.O=Cc1nccnc1Cl. The molecule has 1 N–H and O–H groups in total. The predicted molar refractivity (Wildman–Crippen MR) is 93.7 cm³/mol. The quantitative estimate of drug-likeness (QED) is 0.811. The van der Waals surface area contributed by atoms with Crippen molar-refractivity contribution in [3.05, 3.63) is 57.0 Å². The molecule has 7 heteroatoms. The van der Waals surface area contributed by atoms with Gasteiger partial charge in [0.2, 0.25) is 0 Å². The Morgan fingerprint density at radius 1 is 1.13 bits per heavy atom. The zero-order valence-corrected chi connectivity index (χ0v) is 14.7. The number of likely N-dealkylation sites (N-methyl/N-ethyl adjacent to an activating group) is 1. The van der Waals surface area contributed by atoms with Crippen molar-refractivity contribution in [2.75, 3.05) is 7.05 Å². The van der Waals surface area contributed by atoms with Gasteiger partial charge in [-0.25, -0.2) is 9.97 Å². The Hall–Kier alpha value is -1.20. The molecule has 1 aliphatic rings. The smallest absolute Gasteiger partial charge is 0.171 e. The minimum absolute atomic E-state index is 0.146. The maximum absolute atomic E-state index is 10.0. The number of aldehydes is 1. The van der Waals surface area contributed by atoms with E-state index in [-0.39, 0.29) is 10.8 Å². The molecule has 1 heterocycles. The summed E-state index contributed by atoms with van der Waals surface area (Å²) in [5.41, 5.74) is 1.29. The predicted octanol–water partition coefficient (Wildman–Crippen LogP) is 4.40. The number of aromatic nitrogens is 2. The van der Waals surface area contributed by atoms with E-state index in [0.29, 0.717) is 18.2 Å². The molecule has 2 aromatic rings. The number of nitrogens with zero attached hydrogens (tertiary/aromatic N) is 2. The summed E-state index contributed by atoms with van der Waals surface area (Å²) in [6.45, 7) is 0. The first kappa shape index (κ1) is 18.1. The molecule has 4 nitrogen and oxygen atoms in total. The minimum Gasteiger partial charge on any atom is -0.316 e. The number of hydrogen-bond acceptors (Lipinski definition) is 4. The number of nitrogens with one attached hydrogen (secondary N) is 1. The Labute approximate surface area is 150 Å². The van der Waals surface area contributed by atoms with Crippen LogP contribution in [0.25, 0.3) is 0 Å². The van der Waals surface area contributed by atoms with E-state index in [1.54, 1.807) is 0 Å². The van der Waals surface area contributed by atoms with Gasteiger partial charge in [-0.3, -0.25) is 4.79 Å². The highest BCUT2D eigenvalue weighted by molar-refractivity contribution is 6.36. The van der Waals surface area contributed by atoms with E-state index >= 15 is 0 Å². The molecule has 0 bridgehead atoms. The number of carbonyl (C=O) groups excluding carboxylic acids is 1. The van der Waals surface area contributed by atoms with Crippen molar-refractivity contribution in [3.8, 4) is 0 Å². The molecular weight excluding hydrogens is 357 g/mol. The van der Waals surface area contributed by atoms with Gasteiger partial charge in [-0.1, -0.05) is 40.9 Å². The summed E-state index contributed by atoms with van der Waals surface area (Å²) < 4.78 is 0. The summed E-state index contributed by atoms with van der Waals surface area (Å²) in [6.07, 6.45) is 5.79. The fraction of sp³-hybridized carbons (Fsp3) is 0.312. The molecular formula is C16H16Cl3N3O. The van der Waals surface area contributed by atoms with Crippen LogP contribution in [0.4, 0.5) is 0 Å². The number of carbonyl (C=O) groups is 1. The van der Waals surface area contributed by atoms with Gasteiger partial charge in [0.15, 0.2) is 11.4 Å². The van der Waals surface area contributed by atoms with Crippen molar-refractivity contribution in [2.45, 2.75) is 24.8 Å². The summed E-state index contributed by atoms with van der Waals surface area (Å²) >= 11 is 17.7. The Kier molecular flexibility index (Phi) is 6.78. The fourth-order valence-corrected chi connectivity index (χ4v) is 3.29. The van der Waals surface area contributed by atoms with Gasteiger partial charge in [-0.2, -0.15) is 0 Å². The number of hydrogen-bond donors (Lipinski definition) is 1. The van der Waals surface area contributed by atoms with Gasteiger partial charge in [0.25, 0.3) is 0 Å². The van der Waals surface area contributed by atoms with E-state index in [1.807, 2.05) is 25.2 Å². The molecule has 1 fully saturated rings. The average molecular weight is 373 g/mol. The standard InChI is InChI=1S/C11H13Cl2N.C5H3ClN2O/c1-14-10-6-5-7(10)11-8(12)3-2-4-9(11)13;6-5-4(3-9)7-1-2-8-5/h2-4,7,10,14H,5-6H2,1H3;1-3H/t7-,10+;/m0./s1. The second-order valence-electron chi connectivity index (χ2n) is 5.06. The Bertz CT molecular complexity index is 659. The zero-order chi connectivity index (χ0) is 16.8. The molecule has 0 radical (unpaired) electrons. The first-order valence-corrected chi connectivity index (χ1v) is 8.24. The van der Waals surface area contributed by atoms with Crippen LogP contribution in [0.2, 0.25) is 15.2 Å². The molecule has 122 valence electrons. The van der Waals surface area contributed by atoms with E-state index in [2.05, 4.69) is 15.3 Å². The fourth-order valence-electron chi connectivity index (χ4n) is 2.47. The lowest BCUT2D eigenvalue weighted by molar-refractivity contribution is 0.111. The van der Waals surface area contributed by atoms with Crippen LogP contribution < -0.4 is 5.32 Å². The van der Waals surface area contributed by atoms with Crippen LogP contribution in [-0.2, 0) is 0 Å². The molecule has 1 aromatic carbocycles. The topological polar surface area (TPSA) is 54.9 Å². The molecule has 2 atom stereocenters. The summed E-state index contributed by atoms with van der Waals surface area (Å²) in [5, 5.41) is 5.02. The number of rotatable bonds is 3. The molecule has 0 saturated heterocycles. The molecule has 1 aromatic heterocycles. The first-order valence-electron chi connectivity index (χ1n) is 7.11. The maximum Gasteiger partial charge on any atom is 0.171 e. The minimum atomic E-state index is 0.146. The van der Waals surface area contributed by atoms with Crippen LogP contribution in [0, 0.1) is 0 Å². The third-order valence-electron chi connectivity index (χ3n) is 3.81. The Morgan fingerprint density at radius 3 is 2.22 bits per heavy atom. The van der Waals surface area contributed by atoms with Crippen molar-refractivity contribution < 1.29 is 4.79 Å². The van der Waals surface area contributed by atoms with Crippen molar-refractivity contribution in [2.24, 2.45) is 0 Å². The summed E-state index contributed by atoms with van der Waals surface area (Å²) in [5.74, 6) is 0.487. The maximum atomic E-state index is 10.0. The number of halogens is 3. The molecule has 1 saturated carbocycles. The molecule has 1 aliphatic carbocycles. The third-order valence-corrected chi connectivity index (χ3v) is 4.76. The second kappa shape index (κ2) is 8.60. The Morgan fingerprint density at radius 2 is 1.78 bits per heavy atom. The van der Waals surface area contributed by atoms with Crippen LogP contribution in [0.1, 0.15) is 34.8 Å². The van der Waals surface area contributed by atoms with Gasteiger partial charge in [0.05, 0.1) is 0 Å². The lowest BCUT2D eigenvalue weighted by Crippen LogP contribution is -2.40. The third kappa shape index (κ3) is 4.42. The van der Waals surface area contributed by atoms with E-state index in [1.165, 1.54) is 25.2 Å². The largest absolute Gasteiger partial charge is 0.316 e. The lowest BCUT2D eigenvalue weighted by atomic mass is 9.75. The summed E-state index contributed by atoms with van der Waals surface area (Å²) in [6, 6.07) is 6.25. The van der Waals surface area contributed by atoms with Crippen molar-refractivity contribution >= 4 is 41.1 Å². The average Bonchev–Trinajstić information content (AvgIpc) is 2.51. The van der Waals surface area contributed by atoms with E-state index in [0.717, 1.165) is 15.6 Å². The highest BCUT2D eigenvalue weighted by Gasteiger charge is 2.33. The van der Waals surface area contributed by atoms with Crippen molar-refractivity contribution in [1.29, 1.82) is 0 Å². The highest BCUT2D eigenvalue weighted by atomic mass is 35.5. The van der Waals surface area contributed by atoms with Gasteiger partial charge in [0.1, 0.15) is 5.69 Å². The first-order chi connectivity index (χ1) is 11.1. The summed E-state index contributed by atoms with van der Waals surface area (Å²) in [7, 11) is 1.99. The van der Waals surface area contributed by atoms with E-state index in [9.17, 15) is 4.79 Å². The van der Waals surface area contributed by atoms with Crippen molar-refractivity contribution in [1.82, 2.24) is 15.3 Å². The molecule has 0 aliphatic heterocycles.